The van der Waals surface area contributed by atoms with Gasteiger partial charge in [-0.1, -0.05) is 19.1 Å². The lowest BCUT2D eigenvalue weighted by molar-refractivity contribution is 0.320. The van der Waals surface area contributed by atoms with Crippen LogP contribution in [0.1, 0.15) is 24.8 Å². The molecular formula is C20H29IN4O2. The summed E-state index contributed by atoms with van der Waals surface area (Å²) in [5, 5.41) is 6.58. The van der Waals surface area contributed by atoms with E-state index in [1.807, 2.05) is 24.3 Å². The predicted octanol–water partition coefficient (Wildman–Crippen LogP) is 3.45. The normalized spacial score (nSPS) is 11.9. The van der Waals surface area contributed by atoms with Crippen molar-refractivity contribution in [2.45, 2.75) is 19.3 Å². The maximum Gasteiger partial charge on any atom is 0.191 e. The van der Waals surface area contributed by atoms with Gasteiger partial charge in [0.1, 0.15) is 18.1 Å². The zero-order valence-electron chi connectivity index (χ0n) is 16.1. The van der Waals surface area contributed by atoms with Crippen LogP contribution in [0.5, 0.6) is 11.5 Å². The summed E-state index contributed by atoms with van der Waals surface area (Å²) in [4.78, 5) is 8.25. The standard InChI is InChI=1S/C20H28N4O2.HI/c1-16(17-6-8-18(25-3)9-7-17)10-12-23-20(21-2)24-13-14-26-19-5-4-11-22-15-19;/h4-9,11,15-16H,10,12-14H2,1-3H3,(H2,21,23,24);1H. The zero-order valence-corrected chi connectivity index (χ0v) is 18.5. The van der Waals surface area contributed by atoms with E-state index in [4.69, 9.17) is 9.47 Å². The number of hydrogen-bond donors (Lipinski definition) is 2. The van der Waals surface area contributed by atoms with Crippen molar-refractivity contribution in [2.75, 3.05) is 33.9 Å². The molecule has 0 aliphatic rings. The summed E-state index contributed by atoms with van der Waals surface area (Å²) in [7, 11) is 3.45. The van der Waals surface area contributed by atoms with Crippen LogP contribution in [0.2, 0.25) is 0 Å². The van der Waals surface area contributed by atoms with Crippen molar-refractivity contribution >= 4 is 29.9 Å². The second kappa shape index (κ2) is 13.2. The first-order valence-corrected chi connectivity index (χ1v) is 8.84. The number of rotatable bonds is 9. The first kappa shape index (κ1) is 23.0. The SMILES string of the molecule is CN=C(NCCOc1cccnc1)NCCC(C)c1ccc(OC)cc1.I. The fourth-order valence-electron chi connectivity index (χ4n) is 2.50. The number of hydrogen-bond acceptors (Lipinski definition) is 4. The Balaban J connectivity index is 0.00000364. The quantitative estimate of drug-likeness (QED) is 0.247. The maximum absolute atomic E-state index is 5.60. The molecule has 27 heavy (non-hydrogen) atoms. The number of nitrogens with one attached hydrogen (secondary N) is 2. The van der Waals surface area contributed by atoms with Crippen molar-refractivity contribution in [3.05, 3.63) is 54.4 Å². The molecule has 2 N–H and O–H groups in total. The Bertz CT molecular complexity index is 665. The van der Waals surface area contributed by atoms with Crippen LogP contribution in [0.15, 0.2) is 53.8 Å². The number of methoxy groups -OCH3 is 1. The Morgan fingerprint density at radius 2 is 1.85 bits per heavy atom. The van der Waals surface area contributed by atoms with Crippen LogP contribution < -0.4 is 20.1 Å². The van der Waals surface area contributed by atoms with E-state index in [0.717, 1.165) is 30.4 Å². The van der Waals surface area contributed by atoms with E-state index in [2.05, 4.69) is 39.7 Å². The lowest BCUT2D eigenvalue weighted by Gasteiger charge is -2.15. The monoisotopic (exact) mass is 484 g/mol. The molecule has 2 aromatic rings. The molecule has 1 aromatic carbocycles. The molecule has 0 saturated carbocycles. The molecule has 7 heteroatoms. The van der Waals surface area contributed by atoms with Crippen LogP contribution in [0.4, 0.5) is 0 Å². The molecule has 1 atom stereocenters. The number of ether oxygens (including phenoxy) is 2. The van der Waals surface area contributed by atoms with Crippen LogP contribution >= 0.6 is 24.0 Å². The van der Waals surface area contributed by atoms with Crippen molar-refractivity contribution in [3.8, 4) is 11.5 Å². The van der Waals surface area contributed by atoms with Gasteiger partial charge in [0.15, 0.2) is 5.96 Å². The van der Waals surface area contributed by atoms with Crippen LogP contribution in [0, 0.1) is 0 Å². The minimum absolute atomic E-state index is 0. The van der Waals surface area contributed by atoms with E-state index in [0.29, 0.717) is 19.1 Å². The van der Waals surface area contributed by atoms with Gasteiger partial charge in [-0.2, -0.15) is 0 Å². The van der Waals surface area contributed by atoms with Crippen molar-refractivity contribution < 1.29 is 9.47 Å². The molecule has 0 spiro atoms. The fourth-order valence-corrected chi connectivity index (χ4v) is 2.50. The lowest BCUT2D eigenvalue weighted by atomic mass is 9.98. The average molecular weight is 484 g/mol. The Hall–Kier alpha value is -2.03. The number of nitrogens with zero attached hydrogens (tertiary/aromatic N) is 2. The van der Waals surface area contributed by atoms with E-state index >= 15 is 0 Å². The number of halogens is 1. The maximum atomic E-state index is 5.60. The van der Waals surface area contributed by atoms with E-state index in [-0.39, 0.29) is 24.0 Å². The lowest BCUT2D eigenvalue weighted by Crippen LogP contribution is -2.39. The van der Waals surface area contributed by atoms with Gasteiger partial charge in [0.2, 0.25) is 0 Å². The second-order valence-corrected chi connectivity index (χ2v) is 5.93. The molecule has 0 aliphatic heterocycles. The third-order valence-corrected chi connectivity index (χ3v) is 4.08. The highest BCUT2D eigenvalue weighted by atomic mass is 127. The van der Waals surface area contributed by atoms with Crippen LogP contribution in [-0.2, 0) is 0 Å². The van der Waals surface area contributed by atoms with Gasteiger partial charge in [-0.15, -0.1) is 24.0 Å². The molecule has 1 unspecified atom stereocenters. The molecule has 0 radical (unpaired) electrons. The Morgan fingerprint density at radius 3 is 2.48 bits per heavy atom. The molecule has 148 valence electrons. The molecule has 1 aromatic heterocycles. The summed E-state index contributed by atoms with van der Waals surface area (Å²) in [6.45, 7) is 4.29. The smallest absolute Gasteiger partial charge is 0.191 e. The zero-order chi connectivity index (χ0) is 18.6. The Morgan fingerprint density at radius 1 is 1.11 bits per heavy atom. The molecular weight excluding hydrogens is 455 g/mol. The summed E-state index contributed by atoms with van der Waals surface area (Å²) >= 11 is 0. The molecule has 1 heterocycles. The summed E-state index contributed by atoms with van der Waals surface area (Å²) in [5.74, 6) is 2.89. The van der Waals surface area contributed by atoms with Gasteiger partial charge in [-0.05, 0) is 42.2 Å². The average Bonchev–Trinajstić information content (AvgIpc) is 2.70. The first-order chi connectivity index (χ1) is 12.7. The van der Waals surface area contributed by atoms with Gasteiger partial charge in [0.05, 0.1) is 19.9 Å². The van der Waals surface area contributed by atoms with Crippen molar-refractivity contribution in [2.24, 2.45) is 4.99 Å². The van der Waals surface area contributed by atoms with E-state index < -0.39 is 0 Å². The van der Waals surface area contributed by atoms with Crippen LogP contribution in [0.25, 0.3) is 0 Å². The van der Waals surface area contributed by atoms with Gasteiger partial charge in [0.25, 0.3) is 0 Å². The summed E-state index contributed by atoms with van der Waals surface area (Å²) in [5.41, 5.74) is 1.31. The molecule has 0 bridgehead atoms. The number of pyridine rings is 1. The van der Waals surface area contributed by atoms with Gasteiger partial charge in [-0.3, -0.25) is 9.98 Å². The number of guanidine groups is 1. The van der Waals surface area contributed by atoms with E-state index in [1.165, 1.54) is 5.56 Å². The molecule has 0 fully saturated rings. The van der Waals surface area contributed by atoms with Gasteiger partial charge in [0, 0.05) is 19.8 Å². The number of aromatic nitrogens is 1. The highest BCUT2D eigenvalue weighted by Gasteiger charge is 2.06. The summed E-state index contributed by atoms with van der Waals surface area (Å²) in [6.07, 6.45) is 4.44. The largest absolute Gasteiger partial charge is 0.497 e. The molecule has 0 aliphatic carbocycles. The summed E-state index contributed by atoms with van der Waals surface area (Å²) < 4.78 is 10.8. The Labute approximate surface area is 178 Å². The fraction of sp³-hybridized carbons (Fsp3) is 0.400. The number of benzene rings is 1. The van der Waals surface area contributed by atoms with Gasteiger partial charge in [-0.25, -0.2) is 0 Å². The third kappa shape index (κ3) is 8.47. The van der Waals surface area contributed by atoms with Crippen molar-refractivity contribution in [1.29, 1.82) is 0 Å². The van der Waals surface area contributed by atoms with Gasteiger partial charge >= 0.3 is 0 Å². The third-order valence-electron chi connectivity index (χ3n) is 4.08. The first-order valence-electron chi connectivity index (χ1n) is 8.84. The second-order valence-electron chi connectivity index (χ2n) is 5.93. The number of aliphatic imine (C=N–C) groups is 1. The highest BCUT2D eigenvalue weighted by molar-refractivity contribution is 14.0. The van der Waals surface area contributed by atoms with Crippen molar-refractivity contribution in [3.63, 3.8) is 0 Å². The minimum Gasteiger partial charge on any atom is -0.497 e. The molecule has 6 nitrogen and oxygen atoms in total. The Kier molecular flexibility index (Phi) is 11.2. The minimum atomic E-state index is 0. The van der Waals surface area contributed by atoms with Gasteiger partial charge < -0.3 is 20.1 Å². The molecule has 0 amide bonds. The molecule has 2 rings (SSSR count). The predicted molar refractivity (Wildman–Crippen MR) is 121 cm³/mol. The van der Waals surface area contributed by atoms with E-state index in [9.17, 15) is 0 Å². The summed E-state index contributed by atoms with van der Waals surface area (Å²) in [6, 6.07) is 12.0. The van der Waals surface area contributed by atoms with Crippen LogP contribution in [-0.4, -0.2) is 44.8 Å². The topological polar surface area (TPSA) is 67.8 Å². The van der Waals surface area contributed by atoms with Crippen LogP contribution in [0.3, 0.4) is 0 Å². The molecule has 0 saturated heterocycles. The van der Waals surface area contributed by atoms with E-state index in [1.54, 1.807) is 26.6 Å². The highest BCUT2D eigenvalue weighted by Crippen LogP contribution is 2.21. The van der Waals surface area contributed by atoms with Crippen molar-refractivity contribution in [1.82, 2.24) is 15.6 Å².